The number of carbonyl (C=O) groups is 2. The minimum Gasteiger partial charge on any atom is -0.497 e. The molecule has 0 bridgehead atoms. The van der Waals surface area contributed by atoms with Crippen LogP contribution in [0.2, 0.25) is 0 Å². The zero-order valence-corrected chi connectivity index (χ0v) is 29.7. The van der Waals surface area contributed by atoms with E-state index in [-0.39, 0.29) is 16.2 Å². The summed E-state index contributed by atoms with van der Waals surface area (Å²) in [6, 6.07) is 16.0. The van der Waals surface area contributed by atoms with Crippen LogP contribution in [0.4, 0.5) is 11.6 Å². The number of anilines is 2. The number of nitrogens with zero attached hydrogens (tertiary/aromatic N) is 4. The Kier molecular flexibility index (Phi) is 11.7. The van der Waals surface area contributed by atoms with Crippen LogP contribution in [0.25, 0.3) is 6.08 Å². The van der Waals surface area contributed by atoms with Gasteiger partial charge >= 0.3 is 0 Å². The Morgan fingerprint density at radius 3 is 1.75 bits per heavy atom. The first-order valence-electron chi connectivity index (χ1n) is 15.8. The number of hydrogen-bond acceptors (Lipinski definition) is 12. The van der Waals surface area contributed by atoms with E-state index in [1.165, 1.54) is 64.8 Å². The van der Waals surface area contributed by atoms with Crippen LogP contribution < -0.4 is 29.0 Å². The highest BCUT2D eigenvalue weighted by molar-refractivity contribution is 7.93. The summed E-state index contributed by atoms with van der Waals surface area (Å²) in [6.45, 7) is 0.609. The molecule has 2 aromatic heterocycles. The average molecular weight is 753 g/mol. The second kappa shape index (κ2) is 16.2. The molecule has 2 aliphatic rings. The Morgan fingerprint density at radius 1 is 0.769 bits per heavy atom. The number of sulfonamides is 2. The molecule has 4 heterocycles. The SMILES string of the molecule is COc1ccc(S(=O)(=O)N2CCc3cc(/C=C/C(=O)NO)cnc32)cc1.COc1ccc(S(=O)(=O)N2CCc3cc(CCC(=O)NO)cnc32)cc1. The van der Waals surface area contributed by atoms with Crippen molar-refractivity contribution in [1.82, 2.24) is 20.9 Å². The Hall–Kier alpha value is -5.56. The van der Waals surface area contributed by atoms with Gasteiger partial charge in [-0.1, -0.05) is 6.07 Å². The fraction of sp³-hybridized carbons (Fsp3) is 0.235. The van der Waals surface area contributed by atoms with Crippen molar-refractivity contribution in [3.8, 4) is 11.5 Å². The summed E-state index contributed by atoms with van der Waals surface area (Å²) >= 11 is 0. The number of nitrogens with one attached hydrogen (secondary N) is 2. The number of ether oxygens (including phenoxy) is 2. The van der Waals surface area contributed by atoms with Gasteiger partial charge in [0.05, 0.1) is 24.0 Å². The molecular weight excluding hydrogens is 717 g/mol. The second-order valence-electron chi connectivity index (χ2n) is 11.4. The maximum atomic E-state index is 12.9. The van der Waals surface area contributed by atoms with Gasteiger partial charge in [0.25, 0.3) is 26.0 Å². The molecule has 0 radical (unpaired) electrons. The number of aryl methyl sites for hydroxylation is 1. The number of methoxy groups -OCH3 is 2. The molecule has 2 aromatic carbocycles. The van der Waals surface area contributed by atoms with Crippen LogP contribution in [-0.4, -0.2) is 76.3 Å². The molecule has 0 saturated heterocycles. The van der Waals surface area contributed by atoms with Crippen LogP contribution in [0.5, 0.6) is 11.5 Å². The van der Waals surface area contributed by atoms with Crippen molar-refractivity contribution in [2.75, 3.05) is 35.9 Å². The van der Waals surface area contributed by atoms with Crippen LogP contribution >= 0.6 is 0 Å². The predicted molar refractivity (Wildman–Crippen MR) is 188 cm³/mol. The summed E-state index contributed by atoms with van der Waals surface area (Å²) in [4.78, 5) is 31.1. The average Bonchev–Trinajstić information content (AvgIpc) is 3.81. The molecule has 6 rings (SSSR count). The Morgan fingerprint density at radius 2 is 1.27 bits per heavy atom. The number of benzene rings is 2. The molecule has 0 fully saturated rings. The summed E-state index contributed by atoms with van der Waals surface area (Å²) in [5.74, 6) is 0.817. The Bertz CT molecular complexity index is 2180. The lowest BCUT2D eigenvalue weighted by Gasteiger charge is -2.18. The maximum absolute atomic E-state index is 12.9. The third-order valence-electron chi connectivity index (χ3n) is 8.20. The van der Waals surface area contributed by atoms with Crippen molar-refractivity contribution < 1.29 is 46.3 Å². The molecule has 4 N–H and O–H groups in total. The molecular formula is C34H36N6O10S2. The van der Waals surface area contributed by atoms with Gasteiger partial charge in [0.1, 0.15) is 23.1 Å². The van der Waals surface area contributed by atoms with Gasteiger partial charge < -0.3 is 9.47 Å². The monoisotopic (exact) mass is 752 g/mol. The van der Waals surface area contributed by atoms with Crippen molar-refractivity contribution >= 4 is 49.6 Å². The maximum Gasteiger partial charge on any atom is 0.267 e. The van der Waals surface area contributed by atoms with Gasteiger partial charge in [-0.15, -0.1) is 0 Å². The van der Waals surface area contributed by atoms with Crippen molar-refractivity contribution in [3.05, 3.63) is 101 Å². The van der Waals surface area contributed by atoms with Crippen LogP contribution in [0.15, 0.2) is 88.9 Å². The zero-order chi connectivity index (χ0) is 37.5. The highest BCUT2D eigenvalue weighted by atomic mass is 32.2. The number of carbonyl (C=O) groups excluding carboxylic acids is 2. The number of hydrogen-bond donors (Lipinski definition) is 4. The van der Waals surface area contributed by atoms with Crippen molar-refractivity contribution in [2.24, 2.45) is 0 Å². The van der Waals surface area contributed by atoms with Gasteiger partial charge in [0.15, 0.2) is 0 Å². The smallest absolute Gasteiger partial charge is 0.267 e. The minimum atomic E-state index is -3.72. The molecule has 0 atom stereocenters. The van der Waals surface area contributed by atoms with E-state index in [9.17, 15) is 26.4 Å². The molecule has 0 unspecified atom stereocenters. The highest BCUT2D eigenvalue weighted by Crippen LogP contribution is 2.33. The molecule has 0 saturated carbocycles. The Labute approximate surface area is 300 Å². The van der Waals surface area contributed by atoms with Crippen molar-refractivity contribution in [1.29, 1.82) is 0 Å². The molecule has 2 amide bonds. The van der Waals surface area contributed by atoms with Crippen LogP contribution in [0, 0.1) is 0 Å². The third kappa shape index (κ3) is 8.31. The molecule has 2 aliphatic heterocycles. The predicted octanol–water partition coefficient (Wildman–Crippen LogP) is 2.64. The molecule has 18 heteroatoms. The van der Waals surface area contributed by atoms with Gasteiger partial charge in [0.2, 0.25) is 5.91 Å². The molecule has 0 spiro atoms. The first-order valence-corrected chi connectivity index (χ1v) is 18.6. The number of hydroxylamine groups is 2. The van der Waals surface area contributed by atoms with Crippen molar-refractivity contribution in [2.45, 2.75) is 35.5 Å². The van der Waals surface area contributed by atoms with Gasteiger partial charge in [-0.25, -0.2) is 46.4 Å². The first kappa shape index (κ1) is 37.7. The van der Waals surface area contributed by atoms with Crippen LogP contribution in [0.1, 0.15) is 28.7 Å². The van der Waals surface area contributed by atoms with E-state index in [0.717, 1.165) is 22.8 Å². The van der Waals surface area contributed by atoms with Gasteiger partial charge in [0, 0.05) is 38.0 Å². The standard InChI is InChI=1S/C17H19N3O5S.C17H17N3O5S/c2*1-25-14-3-5-15(6-4-14)26(23,24)20-9-8-13-10-12(11-18-17(13)20)2-7-16(21)19-22/h3-6,10-11,22H,2,7-9H2,1H3,(H,19,21);2-7,10-11,22H,8-9H2,1H3,(H,19,21)/b;7-2+. The topological polar surface area (TPSA) is 218 Å². The number of aromatic nitrogens is 2. The fourth-order valence-electron chi connectivity index (χ4n) is 5.52. The van der Waals surface area contributed by atoms with Gasteiger partial charge in [-0.05, 0) is 102 Å². The number of pyridine rings is 2. The number of fused-ring (bicyclic) bond motifs is 2. The molecule has 52 heavy (non-hydrogen) atoms. The summed E-state index contributed by atoms with van der Waals surface area (Å²) < 4.78 is 64.3. The third-order valence-corrected chi connectivity index (χ3v) is 11.8. The van der Waals surface area contributed by atoms with E-state index in [1.54, 1.807) is 42.0 Å². The van der Waals surface area contributed by atoms with E-state index >= 15 is 0 Å². The lowest BCUT2D eigenvalue weighted by molar-refractivity contribution is -0.129. The summed E-state index contributed by atoms with van der Waals surface area (Å²) in [5.41, 5.74) is 6.13. The molecule has 4 aromatic rings. The number of amides is 2. The van der Waals surface area contributed by atoms with Crippen molar-refractivity contribution in [3.63, 3.8) is 0 Å². The van der Waals surface area contributed by atoms with E-state index in [0.29, 0.717) is 61.1 Å². The van der Waals surface area contributed by atoms with Crippen LogP contribution in [0.3, 0.4) is 0 Å². The summed E-state index contributed by atoms with van der Waals surface area (Å²) in [5, 5.41) is 17.0. The molecule has 274 valence electrons. The van der Waals surface area contributed by atoms with E-state index in [2.05, 4.69) is 9.97 Å². The largest absolute Gasteiger partial charge is 0.497 e. The zero-order valence-electron chi connectivity index (χ0n) is 28.1. The van der Waals surface area contributed by atoms with Gasteiger partial charge in [-0.3, -0.25) is 20.0 Å². The summed E-state index contributed by atoms with van der Waals surface area (Å²) in [7, 11) is -4.39. The molecule has 16 nitrogen and oxygen atoms in total. The second-order valence-corrected chi connectivity index (χ2v) is 15.2. The first-order chi connectivity index (χ1) is 24.9. The fourth-order valence-corrected chi connectivity index (χ4v) is 8.43. The van der Waals surface area contributed by atoms with E-state index in [4.69, 9.17) is 19.9 Å². The highest BCUT2D eigenvalue weighted by Gasteiger charge is 2.33. The lowest BCUT2D eigenvalue weighted by atomic mass is 10.1. The van der Waals surface area contributed by atoms with E-state index < -0.39 is 31.9 Å². The quantitative estimate of drug-likeness (QED) is 0.0988. The number of rotatable bonds is 11. The normalized spacial score (nSPS) is 13.5. The van der Waals surface area contributed by atoms with Gasteiger partial charge in [-0.2, -0.15) is 0 Å². The lowest BCUT2D eigenvalue weighted by Crippen LogP contribution is -2.29. The Balaban J connectivity index is 0.000000201. The van der Waals surface area contributed by atoms with Crippen LogP contribution in [-0.2, 0) is 48.9 Å². The van der Waals surface area contributed by atoms with E-state index in [1.807, 2.05) is 6.07 Å². The minimum absolute atomic E-state index is 0.130. The molecule has 0 aliphatic carbocycles. The summed E-state index contributed by atoms with van der Waals surface area (Å²) in [6.07, 6.45) is 7.29.